The monoisotopic (exact) mass is 459 g/mol. The fourth-order valence-electron chi connectivity index (χ4n) is 2.58. The maximum Gasteiger partial charge on any atom is 0.338 e. The van der Waals surface area contributed by atoms with Crippen molar-refractivity contribution in [3.05, 3.63) is 64.1 Å². The normalized spacial score (nSPS) is 10.7. The number of hydrogen-bond donors (Lipinski definition) is 1. The highest BCUT2D eigenvalue weighted by Crippen LogP contribution is 2.24. The number of unbranched alkanes of at least 4 members (excludes halogenated alkanes) is 2. The van der Waals surface area contributed by atoms with Crippen LogP contribution in [0.4, 0.5) is 5.69 Å². The van der Waals surface area contributed by atoms with Crippen LogP contribution in [-0.4, -0.2) is 25.1 Å². The van der Waals surface area contributed by atoms with Crippen LogP contribution in [-0.2, 0) is 9.53 Å². The van der Waals surface area contributed by atoms with Gasteiger partial charge in [-0.05, 0) is 61.9 Å². The van der Waals surface area contributed by atoms with E-state index >= 15 is 0 Å². The van der Waals surface area contributed by atoms with Crippen molar-refractivity contribution in [2.45, 2.75) is 33.1 Å². The van der Waals surface area contributed by atoms with E-state index in [1.165, 1.54) is 6.08 Å². The Morgan fingerprint density at radius 3 is 2.52 bits per heavy atom. The number of halogens is 1. The third-order valence-electron chi connectivity index (χ3n) is 4.06. The van der Waals surface area contributed by atoms with Crippen LogP contribution in [0.5, 0.6) is 5.75 Å². The molecule has 0 aromatic heterocycles. The molecule has 0 aliphatic rings. The van der Waals surface area contributed by atoms with Gasteiger partial charge >= 0.3 is 5.97 Å². The van der Waals surface area contributed by atoms with E-state index in [9.17, 15) is 9.59 Å². The Hall–Kier alpha value is -2.60. The lowest BCUT2D eigenvalue weighted by Crippen LogP contribution is -2.09. The first kappa shape index (κ1) is 22.7. The number of rotatable bonds is 10. The number of amides is 1. The molecule has 29 heavy (non-hydrogen) atoms. The first-order valence-electron chi connectivity index (χ1n) is 9.72. The molecule has 0 spiro atoms. The molecule has 0 atom stereocenters. The lowest BCUT2D eigenvalue weighted by atomic mass is 10.2. The van der Waals surface area contributed by atoms with Crippen molar-refractivity contribution >= 4 is 39.6 Å². The average molecular weight is 460 g/mol. The molecule has 0 heterocycles. The van der Waals surface area contributed by atoms with Gasteiger partial charge in [-0.15, -0.1) is 0 Å². The molecule has 0 saturated heterocycles. The number of carbonyl (C=O) groups excluding carboxylic acids is 2. The Bertz CT molecular complexity index is 846. The van der Waals surface area contributed by atoms with E-state index in [0.29, 0.717) is 30.2 Å². The molecule has 1 amide bonds. The summed E-state index contributed by atoms with van der Waals surface area (Å²) in [6.07, 6.45) is 6.13. The van der Waals surface area contributed by atoms with Crippen molar-refractivity contribution in [1.29, 1.82) is 0 Å². The van der Waals surface area contributed by atoms with Crippen molar-refractivity contribution < 1.29 is 19.1 Å². The van der Waals surface area contributed by atoms with E-state index in [0.717, 1.165) is 29.3 Å². The summed E-state index contributed by atoms with van der Waals surface area (Å²) in [6, 6.07) is 12.3. The Morgan fingerprint density at radius 1 is 1.07 bits per heavy atom. The number of hydrogen-bond acceptors (Lipinski definition) is 4. The molecule has 2 aromatic carbocycles. The zero-order valence-corrected chi connectivity index (χ0v) is 18.3. The number of benzene rings is 2. The zero-order valence-electron chi connectivity index (χ0n) is 16.7. The molecule has 6 heteroatoms. The summed E-state index contributed by atoms with van der Waals surface area (Å²) in [6.45, 7) is 4.98. The number of esters is 1. The van der Waals surface area contributed by atoms with Crippen molar-refractivity contribution in [2.75, 3.05) is 18.5 Å². The van der Waals surface area contributed by atoms with Gasteiger partial charge in [0, 0.05) is 21.8 Å². The molecule has 0 aliphatic heterocycles. The SMILES string of the molecule is CCCCCOC(=O)c1ccc(NC(=O)C=Cc2cc(Br)ccc2OCC)cc1. The van der Waals surface area contributed by atoms with Crippen LogP contribution in [0.25, 0.3) is 6.08 Å². The van der Waals surface area contributed by atoms with Crippen molar-refractivity contribution in [3.63, 3.8) is 0 Å². The predicted octanol–water partition coefficient (Wildman–Crippen LogP) is 5.85. The molecule has 5 nitrogen and oxygen atoms in total. The Labute approximate surface area is 180 Å². The average Bonchev–Trinajstić information content (AvgIpc) is 2.72. The lowest BCUT2D eigenvalue weighted by Gasteiger charge is -2.08. The minimum absolute atomic E-state index is 0.276. The topological polar surface area (TPSA) is 64.6 Å². The highest BCUT2D eigenvalue weighted by atomic mass is 79.9. The summed E-state index contributed by atoms with van der Waals surface area (Å²) in [7, 11) is 0. The van der Waals surface area contributed by atoms with Gasteiger partial charge in [-0.1, -0.05) is 35.7 Å². The van der Waals surface area contributed by atoms with Crippen LogP contribution in [0.3, 0.4) is 0 Å². The lowest BCUT2D eigenvalue weighted by molar-refractivity contribution is -0.111. The van der Waals surface area contributed by atoms with Gasteiger partial charge in [0.15, 0.2) is 0 Å². The first-order chi connectivity index (χ1) is 14.0. The quantitative estimate of drug-likeness (QED) is 0.275. The van der Waals surface area contributed by atoms with Crippen molar-refractivity contribution in [2.24, 2.45) is 0 Å². The van der Waals surface area contributed by atoms with Gasteiger partial charge in [0.05, 0.1) is 18.8 Å². The molecule has 2 aromatic rings. The fraction of sp³-hybridized carbons (Fsp3) is 0.304. The second-order valence-electron chi connectivity index (χ2n) is 6.36. The van der Waals surface area contributed by atoms with Crippen LogP contribution in [0.2, 0.25) is 0 Å². The van der Waals surface area contributed by atoms with Crippen molar-refractivity contribution in [1.82, 2.24) is 0 Å². The minimum Gasteiger partial charge on any atom is -0.493 e. The highest BCUT2D eigenvalue weighted by molar-refractivity contribution is 9.10. The molecular formula is C23H26BrNO4. The number of ether oxygens (including phenoxy) is 2. The molecule has 2 rings (SSSR count). The number of nitrogens with one attached hydrogen (secondary N) is 1. The summed E-state index contributed by atoms with van der Waals surface area (Å²) in [4.78, 5) is 24.2. The summed E-state index contributed by atoms with van der Waals surface area (Å²) >= 11 is 3.42. The van der Waals surface area contributed by atoms with E-state index in [1.54, 1.807) is 30.3 Å². The zero-order chi connectivity index (χ0) is 21.1. The van der Waals surface area contributed by atoms with Gasteiger partial charge in [0.25, 0.3) is 0 Å². The van der Waals surface area contributed by atoms with E-state index in [4.69, 9.17) is 9.47 Å². The molecule has 0 aliphatic carbocycles. The van der Waals surface area contributed by atoms with Crippen LogP contribution in [0.1, 0.15) is 49.0 Å². The summed E-state index contributed by atoms with van der Waals surface area (Å²) in [5.74, 6) is 0.0841. The first-order valence-corrected chi connectivity index (χ1v) is 10.5. The smallest absolute Gasteiger partial charge is 0.338 e. The van der Waals surface area contributed by atoms with Gasteiger partial charge in [-0.3, -0.25) is 4.79 Å². The van der Waals surface area contributed by atoms with Gasteiger partial charge in [0.1, 0.15) is 5.75 Å². The minimum atomic E-state index is -0.350. The fourth-order valence-corrected chi connectivity index (χ4v) is 2.95. The predicted molar refractivity (Wildman–Crippen MR) is 119 cm³/mol. The molecule has 0 fully saturated rings. The molecule has 0 radical (unpaired) electrons. The van der Waals surface area contributed by atoms with Crippen LogP contribution in [0.15, 0.2) is 53.0 Å². The Morgan fingerprint density at radius 2 is 1.83 bits per heavy atom. The van der Waals surface area contributed by atoms with Gasteiger partial charge < -0.3 is 14.8 Å². The molecule has 0 saturated carbocycles. The molecule has 1 N–H and O–H groups in total. The second-order valence-corrected chi connectivity index (χ2v) is 7.27. The maximum absolute atomic E-state index is 12.2. The van der Waals surface area contributed by atoms with Gasteiger partial charge in [0.2, 0.25) is 5.91 Å². The molecular weight excluding hydrogens is 434 g/mol. The number of anilines is 1. The number of carbonyl (C=O) groups is 2. The molecule has 0 bridgehead atoms. The Kier molecular flexibility index (Phi) is 9.44. The van der Waals surface area contributed by atoms with Crippen molar-refractivity contribution in [3.8, 4) is 5.75 Å². The van der Waals surface area contributed by atoms with Crippen LogP contribution >= 0.6 is 15.9 Å². The third-order valence-corrected chi connectivity index (χ3v) is 4.55. The Balaban J connectivity index is 1.93. The standard InChI is InChI=1S/C23H26BrNO4/c1-3-5-6-15-29-23(27)17-7-11-20(12-8-17)25-22(26)14-9-18-16-19(24)10-13-21(18)28-4-2/h7-14,16H,3-6,15H2,1-2H3,(H,25,26). The van der Waals surface area contributed by atoms with E-state index in [1.807, 2.05) is 25.1 Å². The molecule has 0 unspecified atom stereocenters. The summed E-state index contributed by atoms with van der Waals surface area (Å²) in [5, 5.41) is 2.77. The molecule has 154 valence electrons. The van der Waals surface area contributed by atoms with Crippen LogP contribution < -0.4 is 10.1 Å². The summed E-state index contributed by atoms with van der Waals surface area (Å²) in [5.41, 5.74) is 1.87. The largest absolute Gasteiger partial charge is 0.493 e. The van der Waals surface area contributed by atoms with E-state index < -0.39 is 0 Å². The second kappa shape index (κ2) is 12.1. The van der Waals surface area contributed by atoms with E-state index in [2.05, 4.69) is 28.2 Å². The third kappa shape index (κ3) is 7.74. The summed E-state index contributed by atoms with van der Waals surface area (Å²) < 4.78 is 11.7. The highest BCUT2D eigenvalue weighted by Gasteiger charge is 2.07. The van der Waals surface area contributed by atoms with Crippen LogP contribution in [0, 0.1) is 0 Å². The maximum atomic E-state index is 12.2. The van der Waals surface area contributed by atoms with Gasteiger partial charge in [-0.2, -0.15) is 0 Å². The van der Waals surface area contributed by atoms with E-state index in [-0.39, 0.29) is 11.9 Å². The van der Waals surface area contributed by atoms with Gasteiger partial charge in [-0.25, -0.2) is 4.79 Å².